The highest BCUT2D eigenvalue weighted by Gasteiger charge is 2.31. The maximum atomic E-state index is 12.1. The van der Waals surface area contributed by atoms with Gasteiger partial charge in [-0.3, -0.25) is 0 Å². The van der Waals surface area contributed by atoms with Gasteiger partial charge in [0.05, 0.1) is 11.0 Å². The zero-order valence-corrected chi connectivity index (χ0v) is 11.1. The lowest BCUT2D eigenvalue weighted by molar-refractivity contribution is 0.528. The van der Waals surface area contributed by atoms with Crippen LogP contribution in [-0.2, 0) is 9.84 Å². The van der Waals surface area contributed by atoms with Gasteiger partial charge in [-0.1, -0.05) is 39.0 Å². The molecular weight excluding hydrogens is 222 g/mol. The SMILES string of the molecule is CCCCCS(=O)(=O)C1CCCCCC1N. The van der Waals surface area contributed by atoms with E-state index in [1.807, 2.05) is 0 Å². The Balaban J connectivity index is 2.57. The first-order chi connectivity index (χ1) is 7.58. The number of unbranched alkanes of at least 4 members (excludes halogenated alkanes) is 2. The minimum absolute atomic E-state index is 0.130. The topological polar surface area (TPSA) is 60.2 Å². The molecule has 0 aliphatic heterocycles. The Morgan fingerprint density at radius 2 is 1.81 bits per heavy atom. The monoisotopic (exact) mass is 247 g/mol. The van der Waals surface area contributed by atoms with E-state index in [4.69, 9.17) is 5.73 Å². The lowest BCUT2D eigenvalue weighted by Crippen LogP contribution is -2.40. The molecular formula is C12H25NO2S. The number of rotatable bonds is 5. The second kappa shape index (κ2) is 6.60. The molecule has 0 heterocycles. The lowest BCUT2D eigenvalue weighted by atomic mass is 10.1. The summed E-state index contributed by atoms with van der Waals surface area (Å²) < 4.78 is 24.3. The Kier molecular flexibility index (Phi) is 5.76. The Labute approximate surface area is 99.7 Å². The first-order valence-electron chi connectivity index (χ1n) is 6.55. The van der Waals surface area contributed by atoms with E-state index in [0.29, 0.717) is 5.75 Å². The summed E-state index contributed by atoms with van der Waals surface area (Å²) in [7, 11) is -2.95. The summed E-state index contributed by atoms with van der Waals surface area (Å²) in [6, 6.07) is -0.130. The van der Waals surface area contributed by atoms with Crippen LogP contribution in [0.4, 0.5) is 0 Å². The summed E-state index contributed by atoms with van der Waals surface area (Å²) >= 11 is 0. The van der Waals surface area contributed by atoms with Crippen LogP contribution in [0.15, 0.2) is 0 Å². The molecule has 0 saturated heterocycles. The van der Waals surface area contributed by atoms with E-state index < -0.39 is 9.84 Å². The van der Waals surface area contributed by atoms with Crippen LogP contribution in [0, 0.1) is 0 Å². The van der Waals surface area contributed by atoms with Gasteiger partial charge in [0.25, 0.3) is 0 Å². The van der Waals surface area contributed by atoms with Gasteiger partial charge in [0, 0.05) is 6.04 Å². The zero-order chi connectivity index (χ0) is 12.0. The van der Waals surface area contributed by atoms with Crippen LogP contribution in [0.25, 0.3) is 0 Å². The summed E-state index contributed by atoms with van der Waals surface area (Å²) in [5.41, 5.74) is 5.99. The van der Waals surface area contributed by atoms with Gasteiger partial charge in [-0.05, 0) is 19.3 Å². The third-order valence-corrected chi connectivity index (χ3v) is 5.86. The maximum Gasteiger partial charge on any atom is 0.154 e. The largest absolute Gasteiger partial charge is 0.327 e. The Hall–Kier alpha value is -0.0900. The standard InChI is InChI=1S/C12H25NO2S/c1-2-3-7-10-16(14,15)12-9-6-4-5-8-11(12)13/h11-12H,2-10,13H2,1H3. The average Bonchev–Trinajstić information content (AvgIpc) is 2.43. The van der Waals surface area contributed by atoms with E-state index in [2.05, 4.69) is 6.92 Å². The fraction of sp³-hybridized carbons (Fsp3) is 1.00. The van der Waals surface area contributed by atoms with E-state index in [9.17, 15) is 8.42 Å². The van der Waals surface area contributed by atoms with Crippen LogP contribution in [0.1, 0.15) is 58.3 Å². The van der Waals surface area contributed by atoms with Crippen molar-refractivity contribution in [2.24, 2.45) is 5.73 Å². The molecule has 0 spiro atoms. The zero-order valence-electron chi connectivity index (χ0n) is 10.3. The van der Waals surface area contributed by atoms with Crippen molar-refractivity contribution in [2.75, 3.05) is 5.75 Å². The molecule has 96 valence electrons. The summed E-state index contributed by atoms with van der Waals surface area (Å²) in [5.74, 6) is 0.333. The third-order valence-electron chi connectivity index (χ3n) is 3.50. The average molecular weight is 247 g/mol. The van der Waals surface area contributed by atoms with Crippen LogP contribution >= 0.6 is 0 Å². The fourth-order valence-electron chi connectivity index (χ4n) is 2.45. The molecule has 1 rings (SSSR count). The van der Waals surface area contributed by atoms with Gasteiger partial charge < -0.3 is 5.73 Å². The lowest BCUT2D eigenvalue weighted by Gasteiger charge is -2.21. The first kappa shape index (κ1) is 14.0. The minimum atomic E-state index is -2.95. The van der Waals surface area contributed by atoms with Crippen LogP contribution in [0.5, 0.6) is 0 Å². The van der Waals surface area contributed by atoms with Crippen molar-refractivity contribution >= 4 is 9.84 Å². The number of hydrogen-bond donors (Lipinski definition) is 1. The van der Waals surface area contributed by atoms with Crippen LogP contribution < -0.4 is 5.73 Å². The van der Waals surface area contributed by atoms with Crippen LogP contribution in [0.3, 0.4) is 0 Å². The smallest absolute Gasteiger partial charge is 0.154 e. The Morgan fingerprint density at radius 1 is 1.12 bits per heavy atom. The van der Waals surface area contributed by atoms with Crippen molar-refractivity contribution < 1.29 is 8.42 Å². The molecule has 2 N–H and O–H groups in total. The molecule has 0 amide bonds. The first-order valence-corrected chi connectivity index (χ1v) is 8.26. The van der Waals surface area contributed by atoms with Crippen LogP contribution in [-0.4, -0.2) is 25.5 Å². The molecule has 0 aromatic heterocycles. The summed E-state index contributed by atoms with van der Waals surface area (Å²) in [6.07, 6.45) is 7.74. The number of sulfone groups is 1. The highest BCUT2D eigenvalue weighted by atomic mass is 32.2. The molecule has 2 unspecified atom stereocenters. The van der Waals surface area contributed by atoms with Crippen molar-refractivity contribution in [2.45, 2.75) is 69.6 Å². The van der Waals surface area contributed by atoms with Gasteiger partial charge in [-0.2, -0.15) is 0 Å². The van der Waals surface area contributed by atoms with Crippen molar-refractivity contribution in [1.29, 1.82) is 0 Å². The molecule has 1 aliphatic carbocycles. The van der Waals surface area contributed by atoms with Gasteiger partial charge in [0.2, 0.25) is 0 Å². The minimum Gasteiger partial charge on any atom is -0.327 e. The van der Waals surface area contributed by atoms with Crippen molar-refractivity contribution in [1.82, 2.24) is 0 Å². The molecule has 1 aliphatic rings. The van der Waals surface area contributed by atoms with E-state index >= 15 is 0 Å². The molecule has 1 fully saturated rings. The normalized spacial score (nSPS) is 27.6. The second-order valence-electron chi connectivity index (χ2n) is 4.91. The van der Waals surface area contributed by atoms with E-state index in [0.717, 1.165) is 51.4 Å². The Bertz CT molecular complexity index is 287. The van der Waals surface area contributed by atoms with Gasteiger partial charge in [0.1, 0.15) is 0 Å². The predicted octanol–water partition coefficient (Wildman–Crippen LogP) is 2.25. The molecule has 0 radical (unpaired) electrons. The van der Waals surface area contributed by atoms with Gasteiger partial charge >= 0.3 is 0 Å². The van der Waals surface area contributed by atoms with Gasteiger partial charge in [-0.15, -0.1) is 0 Å². The second-order valence-corrected chi connectivity index (χ2v) is 7.25. The summed E-state index contributed by atoms with van der Waals surface area (Å²) in [4.78, 5) is 0. The molecule has 1 saturated carbocycles. The molecule has 3 nitrogen and oxygen atoms in total. The van der Waals surface area contributed by atoms with Gasteiger partial charge in [0.15, 0.2) is 9.84 Å². The molecule has 0 bridgehead atoms. The van der Waals surface area contributed by atoms with Crippen molar-refractivity contribution in [3.63, 3.8) is 0 Å². The van der Waals surface area contributed by atoms with E-state index in [1.165, 1.54) is 0 Å². The third kappa shape index (κ3) is 4.06. The van der Waals surface area contributed by atoms with E-state index in [-0.39, 0.29) is 11.3 Å². The maximum absolute atomic E-state index is 12.1. The van der Waals surface area contributed by atoms with E-state index in [1.54, 1.807) is 0 Å². The molecule has 0 aromatic carbocycles. The van der Waals surface area contributed by atoms with Crippen molar-refractivity contribution in [3.8, 4) is 0 Å². The predicted molar refractivity (Wildman–Crippen MR) is 68.2 cm³/mol. The number of nitrogens with two attached hydrogens (primary N) is 1. The number of hydrogen-bond acceptors (Lipinski definition) is 3. The van der Waals surface area contributed by atoms with Crippen LogP contribution in [0.2, 0.25) is 0 Å². The van der Waals surface area contributed by atoms with Crippen molar-refractivity contribution in [3.05, 3.63) is 0 Å². The molecule has 0 aromatic rings. The molecule has 16 heavy (non-hydrogen) atoms. The highest BCUT2D eigenvalue weighted by molar-refractivity contribution is 7.92. The van der Waals surface area contributed by atoms with Gasteiger partial charge in [-0.25, -0.2) is 8.42 Å². The molecule has 4 heteroatoms. The summed E-state index contributed by atoms with van der Waals surface area (Å²) in [6.45, 7) is 2.09. The fourth-order valence-corrected chi connectivity index (χ4v) is 4.56. The quantitative estimate of drug-likeness (QED) is 0.599. The molecule has 2 atom stereocenters. The summed E-state index contributed by atoms with van der Waals surface area (Å²) in [5, 5.41) is -0.271. The highest BCUT2D eigenvalue weighted by Crippen LogP contribution is 2.23. The Morgan fingerprint density at radius 3 is 2.50 bits per heavy atom.